The zero-order valence-electron chi connectivity index (χ0n) is 11.6. The smallest absolute Gasteiger partial charge is 0.335 e. The molecule has 2 saturated carbocycles. The number of nitrogens with zero attached hydrogens (tertiary/aromatic N) is 1. The van der Waals surface area contributed by atoms with Gasteiger partial charge >= 0.3 is 5.97 Å². The molecule has 106 valence electrons. The Hall–Kier alpha value is -1.84. The van der Waals surface area contributed by atoms with E-state index in [9.17, 15) is 9.59 Å². The molecule has 2 aliphatic carbocycles. The van der Waals surface area contributed by atoms with Crippen LogP contribution in [0.2, 0.25) is 0 Å². The van der Waals surface area contributed by atoms with Crippen molar-refractivity contribution < 1.29 is 14.7 Å². The van der Waals surface area contributed by atoms with Gasteiger partial charge in [-0.3, -0.25) is 4.79 Å². The van der Waals surface area contributed by atoms with E-state index in [1.165, 1.54) is 6.42 Å². The van der Waals surface area contributed by atoms with Gasteiger partial charge in [0.2, 0.25) is 5.91 Å². The average molecular weight is 273 g/mol. The van der Waals surface area contributed by atoms with Crippen LogP contribution in [0.5, 0.6) is 0 Å². The number of benzene rings is 1. The van der Waals surface area contributed by atoms with Crippen LogP contribution in [0.25, 0.3) is 0 Å². The van der Waals surface area contributed by atoms with Gasteiger partial charge in [-0.2, -0.15) is 0 Å². The number of hydrogen-bond acceptors (Lipinski definition) is 2. The van der Waals surface area contributed by atoms with Crippen molar-refractivity contribution in [2.45, 2.75) is 25.8 Å². The normalized spacial score (nSPS) is 26.9. The maximum Gasteiger partial charge on any atom is 0.335 e. The molecule has 0 bridgehead atoms. The highest BCUT2D eigenvalue weighted by Crippen LogP contribution is 2.54. The molecule has 1 aromatic rings. The van der Waals surface area contributed by atoms with E-state index in [2.05, 4.69) is 0 Å². The highest BCUT2D eigenvalue weighted by Gasteiger charge is 2.48. The van der Waals surface area contributed by atoms with Gasteiger partial charge in [0, 0.05) is 19.5 Å². The third kappa shape index (κ3) is 2.55. The average Bonchev–Trinajstić information content (AvgIpc) is 3.05. The van der Waals surface area contributed by atoms with Gasteiger partial charge in [0.15, 0.2) is 0 Å². The van der Waals surface area contributed by atoms with E-state index < -0.39 is 5.97 Å². The lowest BCUT2D eigenvalue weighted by atomic mass is 10.0. The molecule has 2 atom stereocenters. The largest absolute Gasteiger partial charge is 0.478 e. The van der Waals surface area contributed by atoms with Gasteiger partial charge in [0.25, 0.3) is 0 Å². The Morgan fingerprint density at radius 3 is 2.30 bits per heavy atom. The Morgan fingerprint density at radius 2 is 1.75 bits per heavy atom. The number of carbonyl (C=O) groups excluding carboxylic acids is 1. The first-order valence-electron chi connectivity index (χ1n) is 7.12. The molecule has 4 heteroatoms. The molecule has 3 rings (SSSR count). The predicted octanol–water partition coefficient (Wildman–Crippen LogP) is 2.39. The summed E-state index contributed by atoms with van der Waals surface area (Å²) in [6, 6.07) is 6.72. The van der Waals surface area contributed by atoms with E-state index in [1.54, 1.807) is 29.2 Å². The molecule has 1 N–H and O–H groups in total. The van der Waals surface area contributed by atoms with Crippen LogP contribution in [-0.4, -0.2) is 28.9 Å². The fourth-order valence-electron chi connectivity index (χ4n) is 3.33. The van der Waals surface area contributed by atoms with E-state index in [-0.39, 0.29) is 17.4 Å². The van der Waals surface area contributed by atoms with Crippen molar-refractivity contribution in [1.29, 1.82) is 0 Å². The molecule has 2 fully saturated rings. The molecular formula is C16H19NO3. The predicted molar refractivity (Wildman–Crippen MR) is 74.2 cm³/mol. The minimum Gasteiger partial charge on any atom is -0.478 e. The van der Waals surface area contributed by atoms with Crippen LogP contribution in [0, 0.1) is 17.8 Å². The summed E-state index contributed by atoms with van der Waals surface area (Å²) < 4.78 is 0. The zero-order valence-corrected chi connectivity index (χ0v) is 11.6. The molecule has 4 nitrogen and oxygen atoms in total. The topological polar surface area (TPSA) is 57.6 Å². The number of aromatic carboxylic acids is 1. The minimum atomic E-state index is -0.925. The van der Waals surface area contributed by atoms with Crippen molar-refractivity contribution in [2.24, 2.45) is 17.8 Å². The van der Waals surface area contributed by atoms with E-state index in [1.807, 2.05) is 7.05 Å². The lowest BCUT2D eigenvalue weighted by Gasteiger charge is -2.22. The van der Waals surface area contributed by atoms with Gasteiger partial charge in [-0.05, 0) is 48.8 Å². The first kappa shape index (κ1) is 13.2. The fourth-order valence-corrected chi connectivity index (χ4v) is 3.33. The molecular weight excluding hydrogens is 254 g/mol. The number of hydrogen-bond donors (Lipinski definition) is 1. The number of carboxylic acid groups (broad SMARTS) is 1. The Labute approximate surface area is 118 Å². The van der Waals surface area contributed by atoms with Gasteiger partial charge in [-0.25, -0.2) is 4.79 Å². The maximum absolute atomic E-state index is 12.3. The Kier molecular flexibility index (Phi) is 3.24. The summed E-state index contributed by atoms with van der Waals surface area (Å²) in [5.74, 6) is 1.15. The van der Waals surface area contributed by atoms with Gasteiger partial charge < -0.3 is 10.0 Å². The number of rotatable bonds is 4. The second-order valence-electron chi connectivity index (χ2n) is 6.12. The molecule has 20 heavy (non-hydrogen) atoms. The second kappa shape index (κ2) is 4.93. The van der Waals surface area contributed by atoms with Crippen LogP contribution in [0.4, 0.5) is 0 Å². The SMILES string of the molecule is CN(Cc1ccc(C(=O)O)cc1)C(=O)C1CC2CC2C1. The third-order valence-corrected chi connectivity index (χ3v) is 4.59. The lowest BCUT2D eigenvalue weighted by molar-refractivity contribution is -0.134. The monoisotopic (exact) mass is 273 g/mol. The molecule has 2 aliphatic rings. The molecule has 1 amide bonds. The standard InChI is InChI=1S/C16H19NO3/c1-17(15(18)14-7-12-6-13(12)8-14)9-10-2-4-11(5-3-10)16(19)20/h2-5,12-14H,6-9H2,1H3,(H,19,20). The maximum atomic E-state index is 12.3. The molecule has 0 heterocycles. The van der Waals surface area contributed by atoms with Crippen molar-refractivity contribution >= 4 is 11.9 Å². The molecule has 0 saturated heterocycles. The summed E-state index contributed by atoms with van der Waals surface area (Å²) in [6.07, 6.45) is 3.45. The van der Waals surface area contributed by atoms with Crippen LogP contribution >= 0.6 is 0 Å². The lowest BCUT2D eigenvalue weighted by Crippen LogP contribution is -2.31. The molecule has 0 radical (unpaired) electrons. The van der Waals surface area contributed by atoms with Crippen LogP contribution in [0.15, 0.2) is 24.3 Å². The second-order valence-corrected chi connectivity index (χ2v) is 6.12. The summed E-state index contributed by atoms with van der Waals surface area (Å²) in [5.41, 5.74) is 1.24. The van der Waals surface area contributed by atoms with Crippen LogP contribution in [0.1, 0.15) is 35.2 Å². The Balaban J connectivity index is 1.58. The summed E-state index contributed by atoms with van der Waals surface area (Å²) in [6.45, 7) is 0.546. The van der Waals surface area contributed by atoms with Crippen LogP contribution in [-0.2, 0) is 11.3 Å². The number of fused-ring (bicyclic) bond motifs is 1. The summed E-state index contributed by atoms with van der Waals surface area (Å²) >= 11 is 0. The Bertz CT molecular complexity index is 527. The quantitative estimate of drug-likeness (QED) is 0.916. The minimum absolute atomic E-state index is 0.210. The number of amides is 1. The zero-order chi connectivity index (χ0) is 14.3. The van der Waals surface area contributed by atoms with Gasteiger partial charge in [0.05, 0.1) is 5.56 Å². The third-order valence-electron chi connectivity index (χ3n) is 4.59. The summed E-state index contributed by atoms with van der Waals surface area (Å²) in [5, 5.41) is 8.85. The number of carboxylic acids is 1. The van der Waals surface area contributed by atoms with Crippen LogP contribution < -0.4 is 0 Å². The highest BCUT2D eigenvalue weighted by atomic mass is 16.4. The van der Waals surface area contributed by atoms with Crippen molar-refractivity contribution in [1.82, 2.24) is 4.90 Å². The summed E-state index contributed by atoms with van der Waals surface area (Å²) in [4.78, 5) is 24.9. The van der Waals surface area contributed by atoms with Crippen molar-refractivity contribution in [2.75, 3.05) is 7.05 Å². The highest BCUT2D eigenvalue weighted by molar-refractivity contribution is 5.87. The first-order valence-corrected chi connectivity index (χ1v) is 7.12. The van der Waals surface area contributed by atoms with E-state index in [0.29, 0.717) is 6.54 Å². The molecule has 0 aromatic heterocycles. The van der Waals surface area contributed by atoms with Crippen LogP contribution in [0.3, 0.4) is 0 Å². The number of carbonyl (C=O) groups is 2. The Morgan fingerprint density at radius 1 is 1.15 bits per heavy atom. The molecule has 2 unspecified atom stereocenters. The van der Waals surface area contributed by atoms with Crippen molar-refractivity contribution in [3.05, 3.63) is 35.4 Å². The van der Waals surface area contributed by atoms with E-state index >= 15 is 0 Å². The van der Waals surface area contributed by atoms with E-state index in [4.69, 9.17) is 5.11 Å². The van der Waals surface area contributed by atoms with Gasteiger partial charge in [-0.1, -0.05) is 12.1 Å². The first-order chi connectivity index (χ1) is 9.54. The molecule has 1 aromatic carbocycles. The van der Waals surface area contributed by atoms with Crippen molar-refractivity contribution in [3.63, 3.8) is 0 Å². The molecule has 0 spiro atoms. The summed E-state index contributed by atoms with van der Waals surface area (Å²) in [7, 11) is 1.83. The van der Waals surface area contributed by atoms with Crippen molar-refractivity contribution in [3.8, 4) is 0 Å². The fraction of sp³-hybridized carbons (Fsp3) is 0.500. The molecule has 0 aliphatic heterocycles. The van der Waals surface area contributed by atoms with E-state index in [0.717, 1.165) is 30.2 Å². The van der Waals surface area contributed by atoms with Gasteiger partial charge in [0.1, 0.15) is 0 Å². The van der Waals surface area contributed by atoms with Gasteiger partial charge in [-0.15, -0.1) is 0 Å².